The molecule has 1 N–H and O–H groups in total. The Morgan fingerprint density at radius 2 is 2.00 bits per heavy atom. The van der Waals surface area contributed by atoms with E-state index in [9.17, 15) is 9.59 Å². The highest BCUT2D eigenvalue weighted by atomic mass is 16.5. The molecule has 2 amide bonds. The van der Waals surface area contributed by atoms with Crippen molar-refractivity contribution in [2.24, 2.45) is 5.92 Å². The minimum Gasteiger partial charge on any atom is -0.368 e. The van der Waals surface area contributed by atoms with Crippen LogP contribution in [0.1, 0.15) is 19.8 Å². The zero-order valence-corrected chi connectivity index (χ0v) is 12.2. The van der Waals surface area contributed by atoms with E-state index in [0.717, 1.165) is 19.0 Å². The third kappa shape index (κ3) is 2.54. The number of nitrogens with one attached hydrogen (secondary N) is 1. The lowest BCUT2D eigenvalue weighted by molar-refractivity contribution is -0.203. The van der Waals surface area contributed by atoms with Crippen LogP contribution in [0.3, 0.4) is 0 Å². The Hall–Kier alpha value is -1.14. The van der Waals surface area contributed by atoms with Crippen LogP contribution in [-0.2, 0) is 14.3 Å². The summed E-state index contributed by atoms with van der Waals surface area (Å²) in [7, 11) is 1.67. The van der Waals surface area contributed by atoms with E-state index < -0.39 is 0 Å². The molecule has 0 aromatic rings. The normalized spacial score (nSPS) is 29.1. The quantitative estimate of drug-likeness (QED) is 0.753. The molecule has 6 heteroatoms. The second-order valence-electron chi connectivity index (χ2n) is 6.37. The molecular weight excluding hydrogens is 258 g/mol. The number of morpholine rings is 1. The molecule has 2 heterocycles. The molecule has 0 radical (unpaired) electrons. The summed E-state index contributed by atoms with van der Waals surface area (Å²) in [5, 5.41) is 2.72. The smallest absolute Gasteiger partial charge is 0.239 e. The first kappa shape index (κ1) is 13.8. The first-order chi connectivity index (χ1) is 9.53. The largest absolute Gasteiger partial charge is 0.368 e. The molecule has 112 valence electrons. The Kier molecular flexibility index (Phi) is 3.46. The second kappa shape index (κ2) is 5.00. The number of carbonyl (C=O) groups is 2. The van der Waals surface area contributed by atoms with Crippen LogP contribution >= 0.6 is 0 Å². The van der Waals surface area contributed by atoms with E-state index in [1.807, 2.05) is 0 Å². The lowest BCUT2D eigenvalue weighted by atomic mass is 9.90. The number of likely N-dealkylation sites (tertiary alicyclic amines) is 1. The van der Waals surface area contributed by atoms with E-state index in [1.165, 1.54) is 12.8 Å². The van der Waals surface area contributed by atoms with Crippen LogP contribution in [0.4, 0.5) is 0 Å². The molecule has 3 rings (SSSR count). The van der Waals surface area contributed by atoms with Gasteiger partial charge in [0.25, 0.3) is 0 Å². The van der Waals surface area contributed by atoms with E-state index >= 15 is 0 Å². The molecule has 20 heavy (non-hydrogen) atoms. The lowest BCUT2D eigenvalue weighted by Gasteiger charge is -2.55. The number of carbonyl (C=O) groups excluding carboxylic acids is 2. The Balaban J connectivity index is 1.65. The average Bonchev–Trinajstić information content (AvgIpc) is 3.18. The molecule has 3 fully saturated rings. The van der Waals surface area contributed by atoms with Crippen molar-refractivity contribution in [3.8, 4) is 0 Å². The van der Waals surface area contributed by atoms with Gasteiger partial charge in [0, 0.05) is 27.1 Å². The zero-order chi connectivity index (χ0) is 14.3. The van der Waals surface area contributed by atoms with E-state index in [1.54, 1.807) is 18.9 Å². The molecule has 2 saturated heterocycles. The Morgan fingerprint density at radius 3 is 2.55 bits per heavy atom. The van der Waals surface area contributed by atoms with Gasteiger partial charge in [0.15, 0.2) is 0 Å². The molecule has 3 aliphatic rings. The molecule has 1 aliphatic carbocycles. The molecule has 1 spiro atoms. The fourth-order valence-electron chi connectivity index (χ4n) is 3.18. The van der Waals surface area contributed by atoms with Crippen molar-refractivity contribution in [2.45, 2.75) is 31.4 Å². The minimum absolute atomic E-state index is 0.0308. The molecular formula is C14H23N3O3. The van der Waals surface area contributed by atoms with Gasteiger partial charge in [-0.25, -0.2) is 0 Å². The fourth-order valence-corrected chi connectivity index (χ4v) is 3.18. The van der Waals surface area contributed by atoms with Gasteiger partial charge in [0.05, 0.1) is 19.7 Å². The van der Waals surface area contributed by atoms with Crippen molar-refractivity contribution in [1.82, 2.24) is 15.1 Å². The van der Waals surface area contributed by atoms with Crippen molar-refractivity contribution >= 4 is 11.8 Å². The van der Waals surface area contributed by atoms with Gasteiger partial charge in [-0.3, -0.25) is 14.5 Å². The van der Waals surface area contributed by atoms with Crippen LogP contribution < -0.4 is 5.32 Å². The van der Waals surface area contributed by atoms with E-state index in [0.29, 0.717) is 19.7 Å². The Bertz CT molecular complexity index is 416. The standard InChI is InChI=1S/C14H23N3O3/c1-10(18)17-8-14(9-17)7-16(5-11-3-4-11)12(6-20-14)13(19)15-2/h11-12H,3-9H2,1-2H3,(H,15,19). The second-order valence-corrected chi connectivity index (χ2v) is 6.37. The minimum atomic E-state index is -0.245. The number of amides is 2. The maximum Gasteiger partial charge on any atom is 0.239 e. The van der Waals surface area contributed by atoms with E-state index in [4.69, 9.17) is 4.74 Å². The van der Waals surface area contributed by atoms with Crippen LogP contribution in [0.25, 0.3) is 0 Å². The first-order valence-electron chi connectivity index (χ1n) is 7.38. The van der Waals surface area contributed by atoms with Crippen molar-refractivity contribution in [2.75, 3.05) is 39.8 Å². The molecule has 2 aliphatic heterocycles. The van der Waals surface area contributed by atoms with Crippen LogP contribution in [0.2, 0.25) is 0 Å². The van der Waals surface area contributed by atoms with Crippen LogP contribution in [0.5, 0.6) is 0 Å². The molecule has 0 aromatic heterocycles. The SMILES string of the molecule is CNC(=O)C1COC2(CN(C(C)=O)C2)CN1CC1CC1. The summed E-state index contributed by atoms with van der Waals surface area (Å²) >= 11 is 0. The summed E-state index contributed by atoms with van der Waals surface area (Å²) in [5.74, 6) is 0.867. The van der Waals surface area contributed by atoms with Crippen molar-refractivity contribution in [3.05, 3.63) is 0 Å². The van der Waals surface area contributed by atoms with Gasteiger partial charge in [-0.05, 0) is 18.8 Å². The van der Waals surface area contributed by atoms with Crippen LogP contribution in [0.15, 0.2) is 0 Å². The van der Waals surface area contributed by atoms with Crippen molar-refractivity contribution < 1.29 is 14.3 Å². The highest BCUT2D eigenvalue weighted by Crippen LogP contribution is 2.35. The van der Waals surface area contributed by atoms with Gasteiger partial charge in [0.2, 0.25) is 11.8 Å². The highest BCUT2D eigenvalue weighted by molar-refractivity contribution is 5.81. The molecule has 1 atom stereocenters. The monoisotopic (exact) mass is 281 g/mol. The van der Waals surface area contributed by atoms with Crippen LogP contribution in [0, 0.1) is 5.92 Å². The first-order valence-corrected chi connectivity index (χ1v) is 7.38. The van der Waals surface area contributed by atoms with Gasteiger partial charge in [0.1, 0.15) is 11.6 Å². The van der Waals surface area contributed by atoms with Crippen LogP contribution in [-0.4, -0.2) is 73.1 Å². The van der Waals surface area contributed by atoms with Crippen molar-refractivity contribution in [3.63, 3.8) is 0 Å². The zero-order valence-electron chi connectivity index (χ0n) is 12.2. The third-order valence-corrected chi connectivity index (χ3v) is 4.62. The molecule has 1 unspecified atom stereocenters. The summed E-state index contributed by atoms with van der Waals surface area (Å²) in [5.41, 5.74) is -0.245. The number of nitrogens with zero attached hydrogens (tertiary/aromatic N) is 2. The Morgan fingerprint density at radius 1 is 1.30 bits per heavy atom. The predicted molar refractivity (Wildman–Crippen MR) is 73.1 cm³/mol. The molecule has 6 nitrogen and oxygen atoms in total. The van der Waals surface area contributed by atoms with E-state index in [-0.39, 0.29) is 23.5 Å². The van der Waals surface area contributed by atoms with Crippen molar-refractivity contribution in [1.29, 1.82) is 0 Å². The number of hydrogen-bond acceptors (Lipinski definition) is 4. The van der Waals surface area contributed by atoms with Gasteiger partial charge >= 0.3 is 0 Å². The Labute approximate surface area is 119 Å². The lowest BCUT2D eigenvalue weighted by Crippen LogP contribution is -2.73. The average molecular weight is 281 g/mol. The third-order valence-electron chi connectivity index (χ3n) is 4.62. The van der Waals surface area contributed by atoms with Gasteiger partial charge in [-0.1, -0.05) is 0 Å². The summed E-state index contributed by atoms with van der Waals surface area (Å²) in [6, 6.07) is -0.183. The van der Waals surface area contributed by atoms with Gasteiger partial charge in [-0.2, -0.15) is 0 Å². The number of rotatable bonds is 3. The highest BCUT2D eigenvalue weighted by Gasteiger charge is 2.51. The van der Waals surface area contributed by atoms with E-state index in [2.05, 4.69) is 10.2 Å². The maximum atomic E-state index is 12.0. The fraction of sp³-hybridized carbons (Fsp3) is 0.857. The number of hydrogen-bond donors (Lipinski definition) is 1. The molecule has 1 saturated carbocycles. The topological polar surface area (TPSA) is 61.9 Å². The molecule has 0 aromatic carbocycles. The predicted octanol–water partition coefficient (Wildman–Crippen LogP) is -0.556. The van der Waals surface area contributed by atoms with Gasteiger partial charge in [-0.15, -0.1) is 0 Å². The number of ether oxygens (including phenoxy) is 1. The summed E-state index contributed by atoms with van der Waals surface area (Å²) in [4.78, 5) is 27.4. The summed E-state index contributed by atoms with van der Waals surface area (Å²) in [6.45, 7) is 5.06. The summed E-state index contributed by atoms with van der Waals surface area (Å²) < 4.78 is 5.95. The maximum absolute atomic E-state index is 12.0. The molecule has 0 bridgehead atoms. The van der Waals surface area contributed by atoms with Gasteiger partial charge < -0.3 is 15.0 Å². The number of likely N-dealkylation sites (N-methyl/N-ethyl adjacent to an activating group) is 1. The summed E-state index contributed by atoms with van der Waals surface area (Å²) in [6.07, 6.45) is 2.54.